The molecule has 0 aromatic heterocycles. The Labute approximate surface area is 125 Å². The first kappa shape index (κ1) is 15.6. The lowest BCUT2D eigenvalue weighted by atomic mass is 9.89. The summed E-state index contributed by atoms with van der Waals surface area (Å²) >= 11 is 0. The number of likely N-dealkylation sites (tertiary alicyclic amines) is 1. The van der Waals surface area contributed by atoms with Gasteiger partial charge in [0.15, 0.2) is 11.5 Å². The summed E-state index contributed by atoms with van der Waals surface area (Å²) in [5.74, 6) is -0.369. The van der Waals surface area contributed by atoms with E-state index in [2.05, 4.69) is 4.90 Å². The molecule has 2 N–H and O–H groups in total. The molecule has 1 heterocycles. The van der Waals surface area contributed by atoms with Crippen molar-refractivity contribution < 1.29 is 19.7 Å². The van der Waals surface area contributed by atoms with Crippen molar-refractivity contribution in [2.45, 2.75) is 38.1 Å². The third-order valence-corrected chi connectivity index (χ3v) is 4.31. The number of methoxy groups -OCH3 is 1. The maximum atomic E-state index is 11.8. The molecule has 0 bridgehead atoms. The molecule has 0 saturated carbocycles. The third-order valence-electron chi connectivity index (χ3n) is 4.31. The number of phenols is 1. The molecular formula is C16H23NO4. The van der Waals surface area contributed by atoms with Crippen LogP contribution in [0.25, 0.3) is 0 Å². The first-order valence-electron chi connectivity index (χ1n) is 7.31. The lowest BCUT2D eigenvalue weighted by molar-refractivity contribution is -0.151. The van der Waals surface area contributed by atoms with Gasteiger partial charge in [0.25, 0.3) is 0 Å². The van der Waals surface area contributed by atoms with E-state index >= 15 is 0 Å². The number of rotatable bonds is 5. The molecule has 0 spiro atoms. The summed E-state index contributed by atoms with van der Waals surface area (Å²) in [6.07, 6.45) is 3.64. The number of aromatic hydroxyl groups is 1. The Hall–Kier alpha value is -1.75. The van der Waals surface area contributed by atoms with Gasteiger partial charge in [-0.3, -0.25) is 9.69 Å². The second-order valence-corrected chi connectivity index (χ2v) is 5.81. The van der Waals surface area contributed by atoms with Crippen molar-refractivity contribution in [2.75, 3.05) is 20.2 Å². The number of carboxylic acid groups (broad SMARTS) is 1. The molecule has 2 rings (SSSR count). The molecule has 1 saturated heterocycles. The van der Waals surface area contributed by atoms with Crippen molar-refractivity contribution in [3.63, 3.8) is 0 Å². The fraction of sp³-hybridized carbons (Fsp3) is 0.562. The molecule has 5 nitrogen and oxygen atoms in total. The molecule has 0 radical (unpaired) electrons. The van der Waals surface area contributed by atoms with Crippen LogP contribution < -0.4 is 4.74 Å². The van der Waals surface area contributed by atoms with Gasteiger partial charge in [-0.25, -0.2) is 0 Å². The van der Waals surface area contributed by atoms with E-state index in [0.717, 1.165) is 31.5 Å². The second-order valence-electron chi connectivity index (χ2n) is 5.81. The lowest BCUT2D eigenvalue weighted by Gasteiger charge is -2.40. The van der Waals surface area contributed by atoms with Crippen LogP contribution in [0.5, 0.6) is 11.5 Å². The van der Waals surface area contributed by atoms with Gasteiger partial charge in [-0.15, -0.1) is 0 Å². The highest BCUT2D eigenvalue weighted by atomic mass is 16.5. The molecule has 1 atom stereocenters. The summed E-state index contributed by atoms with van der Waals surface area (Å²) in [5.41, 5.74) is -0.0808. The summed E-state index contributed by atoms with van der Waals surface area (Å²) in [4.78, 5) is 13.9. The lowest BCUT2D eigenvalue weighted by Crippen LogP contribution is -2.55. The van der Waals surface area contributed by atoms with E-state index in [4.69, 9.17) is 4.74 Å². The van der Waals surface area contributed by atoms with E-state index in [-0.39, 0.29) is 5.75 Å². The van der Waals surface area contributed by atoms with Gasteiger partial charge in [0, 0.05) is 6.42 Å². The van der Waals surface area contributed by atoms with Crippen molar-refractivity contribution in [2.24, 2.45) is 0 Å². The molecule has 1 unspecified atom stereocenters. The number of phenolic OH excluding ortho intramolecular Hbond substituents is 1. The number of carboxylic acids is 1. The zero-order valence-corrected chi connectivity index (χ0v) is 12.6. The highest BCUT2D eigenvalue weighted by Gasteiger charge is 2.40. The summed E-state index contributed by atoms with van der Waals surface area (Å²) in [6, 6.07) is 5.01. The number of piperidine rings is 1. The topological polar surface area (TPSA) is 70.0 Å². The van der Waals surface area contributed by atoms with Crippen LogP contribution in [0.4, 0.5) is 0 Å². The van der Waals surface area contributed by atoms with E-state index in [1.807, 2.05) is 0 Å². The molecule has 21 heavy (non-hydrogen) atoms. The molecule has 0 amide bonds. The van der Waals surface area contributed by atoms with Gasteiger partial charge in [0.05, 0.1) is 7.11 Å². The van der Waals surface area contributed by atoms with Gasteiger partial charge in [-0.1, -0.05) is 12.5 Å². The SMILES string of the molecule is COc1cc(CC(C)(C(=O)O)N2CCCCC2)ccc1O. The molecule has 0 aliphatic carbocycles. The maximum absolute atomic E-state index is 11.8. The summed E-state index contributed by atoms with van der Waals surface area (Å²) in [6.45, 7) is 3.41. The zero-order chi connectivity index (χ0) is 15.5. The fourth-order valence-electron chi connectivity index (χ4n) is 2.94. The minimum absolute atomic E-state index is 0.0660. The van der Waals surface area contributed by atoms with Crippen LogP contribution in [-0.2, 0) is 11.2 Å². The summed E-state index contributed by atoms with van der Waals surface area (Å²) < 4.78 is 5.10. The van der Waals surface area contributed by atoms with Crippen molar-refractivity contribution in [1.82, 2.24) is 4.90 Å². The fourth-order valence-corrected chi connectivity index (χ4v) is 2.94. The molecule has 1 aromatic rings. The number of aliphatic carboxylic acids is 1. The van der Waals surface area contributed by atoms with Crippen molar-refractivity contribution in [3.05, 3.63) is 23.8 Å². The molecular weight excluding hydrogens is 270 g/mol. The molecule has 1 aliphatic heterocycles. The highest BCUT2D eigenvalue weighted by molar-refractivity contribution is 5.78. The van der Waals surface area contributed by atoms with Gasteiger partial charge < -0.3 is 14.9 Å². The van der Waals surface area contributed by atoms with Crippen LogP contribution in [0.3, 0.4) is 0 Å². The Morgan fingerprint density at radius 1 is 1.33 bits per heavy atom. The van der Waals surface area contributed by atoms with Gasteiger partial charge in [0.2, 0.25) is 0 Å². The van der Waals surface area contributed by atoms with Crippen molar-refractivity contribution in [3.8, 4) is 11.5 Å². The number of benzene rings is 1. The first-order valence-corrected chi connectivity index (χ1v) is 7.31. The van der Waals surface area contributed by atoms with Crippen LogP contribution in [-0.4, -0.2) is 46.8 Å². The van der Waals surface area contributed by atoms with Crippen LogP contribution in [0.1, 0.15) is 31.7 Å². The quantitative estimate of drug-likeness (QED) is 0.871. The van der Waals surface area contributed by atoms with Crippen LogP contribution in [0, 0.1) is 0 Å². The molecule has 1 aromatic carbocycles. The minimum Gasteiger partial charge on any atom is -0.504 e. The van der Waals surface area contributed by atoms with Crippen LogP contribution in [0.2, 0.25) is 0 Å². The van der Waals surface area contributed by atoms with Gasteiger partial charge in [-0.2, -0.15) is 0 Å². The Morgan fingerprint density at radius 2 is 2.00 bits per heavy atom. The predicted molar refractivity (Wildman–Crippen MR) is 79.8 cm³/mol. The molecule has 1 aliphatic rings. The smallest absolute Gasteiger partial charge is 0.324 e. The Bertz CT molecular complexity index is 511. The second kappa shape index (κ2) is 6.35. The van der Waals surface area contributed by atoms with Crippen LogP contribution >= 0.6 is 0 Å². The third kappa shape index (κ3) is 3.29. The van der Waals surface area contributed by atoms with Crippen molar-refractivity contribution in [1.29, 1.82) is 0 Å². The zero-order valence-electron chi connectivity index (χ0n) is 12.6. The highest BCUT2D eigenvalue weighted by Crippen LogP contribution is 2.30. The largest absolute Gasteiger partial charge is 0.504 e. The number of hydrogen-bond acceptors (Lipinski definition) is 4. The molecule has 1 fully saturated rings. The van der Waals surface area contributed by atoms with E-state index in [9.17, 15) is 15.0 Å². The standard InChI is InChI=1S/C16H23NO4/c1-16(15(19)20,17-8-4-3-5-9-17)11-12-6-7-13(18)14(10-12)21-2/h6-7,10,18H,3-5,8-9,11H2,1-2H3,(H,19,20). The first-order chi connectivity index (χ1) is 9.97. The average Bonchev–Trinajstić information content (AvgIpc) is 2.49. The monoisotopic (exact) mass is 293 g/mol. The molecule has 5 heteroatoms. The van der Waals surface area contributed by atoms with Crippen LogP contribution in [0.15, 0.2) is 18.2 Å². The number of hydrogen-bond donors (Lipinski definition) is 2. The summed E-state index contributed by atoms with van der Waals surface area (Å²) in [7, 11) is 1.49. The predicted octanol–water partition coefficient (Wildman–Crippen LogP) is 2.27. The van der Waals surface area contributed by atoms with Gasteiger partial charge in [-0.05, 0) is 50.6 Å². The van der Waals surface area contributed by atoms with Crippen molar-refractivity contribution >= 4 is 5.97 Å². The van der Waals surface area contributed by atoms with Gasteiger partial charge in [0.1, 0.15) is 5.54 Å². The normalized spacial score (nSPS) is 19.0. The van der Waals surface area contributed by atoms with Gasteiger partial charge >= 0.3 is 5.97 Å². The summed E-state index contributed by atoms with van der Waals surface area (Å²) in [5, 5.41) is 19.3. The average molecular weight is 293 g/mol. The van der Waals surface area contributed by atoms with E-state index in [0.29, 0.717) is 12.2 Å². The Kier molecular flexibility index (Phi) is 4.73. The molecule has 116 valence electrons. The van der Waals surface area contributed by atoms with E-state index in [1.165, 1.54) is 13.5 Å². The Balaban J connectivity index is 2.25. The number of ether oxygens (including phenoxy) is 1. The maximum Gasteiger partial charge on any atom is 0.324 e. The number of carbonyl (C=O) groups is 1. The minimum atomic E-state index is -0.928. The Morgan fingerprint density at radius 3 is 2.57 bits per heavy atom. The number of nitrogens with zero attached hydrogens (tertiary/aromatic N) is 1. The van der Waals surface area contributed by atoms with E-state index < -0.39 is 11.5 Å². The van der Waals surface area contributed by atoms with E-state index in [1.54, 1.807) is 25.1 Å².